The van der Waals surface area contributed by atoms with Crippen LogP contribution in [0.5, 0.6) is 5.75 Å². The van der Waals surface area contributed by atoms with Crippen LogP contribution in [-0.4, -0.2) is 47.4 Å². The van der Waals surface area contributed by atoms with Crippen molar-refractivity contribution in [2.45, 2.75) is 26.4 Å². The average Bonchev–Trinajstić information content (AvgIpc) is 3.10. The number of ether oxygens (including phenoxy) is 1. The van der Waals surface area contributed by atoms with Crippen LogP contribution in [0.2, 0.25) is 0 Å². The average molecular weight is 472 g/mol. The number of benzene rings is 2. The van der Waals surface area contributed by atoms with Gasteiger partial charge in [0.25, 0.3) is 11.7 Å². The summed E-state index contributed by atoms with van der Waals surface area (Å²) in [6, 6.07) is 15.8. The lowest BCUT2D eigenvalue weighted by molar-refractivity contribution is -0.140. The van der Waals surface area contributed by atoms with Gasteiger partial charge < -0.3 is 19.6 Å². The van der Waals surface area contributed by atoms with Crippen LogP contribution in [0.15, 0.2) is 72.6 Å². The number of aliphatic hydroxyl groups excluding tert-OH is 1. The van der Waals surface area contributed by atoms with Crippen LogP contribution < -0.4 is 9.64 Å². The Kier molecular flexibility index (Phi) is 6.87. The summed E-state index contributed by atoms with van der Waals surface area (Å²) in [7, 11) is 3.89. The zero-order valence-electron chi connectivity index (χ0n) is 20.4. The molecule has 0 saturated carbocycles. The predicted molar refractivity (Wildman–Crippen MR) is 135 cm³/mol. The molecule has 7 heteroatoms. The zero-order chi connectivity index (χ0) is 25.1. The van der Waals surface area contributed by atoms with Gasteiger partial charge in [0.15, 0.2) is 0 Å². The zero-order valence-corrected chi connectivity index (χ0v) is 20.4. The number of amides is 1. The largest absolute Gasteiger partial charge is 0.507 e. The maximum Gasteiger partial charge on any atom is 0.295 e. The van der Waals surface area contributed by atoms with E-state index in [-0.39, 0.29) is 17.9 Å². The molecule has 1 aliphatic heterocycles. The standard InChI is InChI=1S/C28H29N3O4/c1-5-35-23-11-8-21(16-18(23)2)26(32)24-25(20-6-9-22(10-7-20)30(3)4)31(28(34)27(24)33)17-19-12-14-29-15-13-19/h6-16,25,32H,5,17H2,1-4H3/b26-24-. The van der Waals surface area contributed by atoms with E-state index in [0.717, 1.165) is 22.4 Å². The lowest BCUT2D eigenvalue weighted by Gasteiger charge is -2.26. The maximum atomic E-state index is 13.3. The van der Waals surface area contributed by atoms with Crippen LogP contribution in [0, 0.1) is 6.92 Å². The molecule has 4 rings (SSSR count). The Balaban J connectivity index is 1.84. The molecular formula is C28H29N3O4. The van der Waals surface area contributed by atoms with Crippen molar-refractivity contribution < 1.29 is 19.4 Å². The molecule has 1 N–H and O–H groups in total. The minimum absolute atomic E-state index is 0.0743. The molecule has 3 aromatic rings. The third kappa shape index (κ3) is 4.75. The third-order valence-corrected chi connectivity index (χ3v) is 6.12. The summed E-state index contributed by atoms with van der Waals surface area (Å²) in [6.07, 6.45) is 3.30. The van der Waals surface area contributed by atoms with Gasteiger partial charge in [0.2, 0.25) is 0 Å². The number of anilines is 1. The Hall–Kier alpha value is -4.13. The van der Waals surface area contributed by atoms with E-state index in [1.54, 1.807) is 42.7 Å². The molecule has 0 bridgehead atoms. The SMILES string of the molecule is CCOc1ccc(/C(O)=C2/C(=O)C(=O)N(Cc3ccncc3)C2c2ccc(N(C)C)cc2)cc1C. The van der Waals surface area contributed by atoms with Crippen molar-refractivity contribution in [3.63, 3.8) is 0 Å². The molecule has 1 atom stereocenters. The smallest absolute Gasteiger partial charge is 0.295 e. The number of hydrogen-bond acceptors (Lipinski definition) is 6. The molecule has 1 saturated heterocycles. The molecule has 7 nitrogen and oxygen atoms in total. The number of hydrogen-bond donors (Lipinski definition) is 1. The topological polar surface area (TPSA) is 83.0 Å². The molecule has 1 fully saturated rings. The summed E-state index contributed by atoms with van der Waals surface area (Å²) in [5.74, 6) is -0.844. The second-order valence-corrected chi connectivity index (χ2v) is 8.68. The number of ketones is 1. The molecule has 0 radical (unpaired) electrons. The molecule has 1 amide bonds. The highest BCUT2D eigenvalue weighted by Crippen LogP contribution is 2.41. The van der Waals surface area contributed by atoms with E-state index in [1.165, 1.54) is 4.90 Å². The van der Waals surface area contributed by atoms with Gasteiger partial charge in [-0.2, -0.15) is 0 Å². The van der Waals surface area contributed by atoms with E-state index in [2.05, 4.69) is 4.98 Å². The summed E-state index contributed by atoms with van der Waals surface area (Å²) in [5.41, 5.74) is 3.94. The lowest BCUT2D eigenvalue weighted by atomic mass is 9.94. The van der Waals surface area contributed by atoms with Crippen LogP contribution >= 0.6 is 0 Å². The maximum absolute atomic E-state index is 13.3. The quantitative estimate of drug-likeness (QED) is 0.311. The minimum atomic E-state index is -0.730. The highest BCUT2D eigenvalue weighted by Gasteiger charge is 2.46. The number of carbonyl (C=O) groups excluding carboxylic acids is 2. The van der Waals surface area contributed by atoms with Crippen molar-refractivity contribution in [1.82, 2.24) is 9.88 Å². The molecule has 1 unspecified atom stereocenters. The van der Waals surface area contributed by atoms with E-state index >= 15 is 0 Å². The number of aromatic nitrogens is 1. The van der Waals surface area contributed by atoms with Gasteiger partial charge in [-0.25, -0.2) is 0 Å². The van der Waals surface area contributed by atoms with Gasteiger partial charge in [0, 0.05) is 44.3 Å². The van der Waals surface area contributed by atoms with Gasteiger partial charge in [-0.3, -0.25) is 14.6 Å². The van der Waals surface area contributed by atoms with Gasteiger partial charge >= 0.3 is 0 Å². The van der Waals surface area contributed by atoms with E-state index in [0.29, 0.717) is 17.9 Å². The van der Waals surface area contributed by atoms with Crippen molar-refractivity contribution in [2.24, 2.45) is 0 Å². The number of carbonyl (C=O) groups is 2. The van der Waals surface area contributed by atoms with Crippen molar-refractivity contribution in [2.75, 3.05) is 25.6 Å². The van der Waals surface area contributed by atoms with Gasteiger partial charge in [-0.15, -0.1) is 0 Å². The van der Waals surface area contributed by atoms with Crippen molar-refractivity contribution in [3.8, 4) is 5.75 Å². The molecule has 1 aliphatic rings. The highest BCUT2D eigenvalue weighted by molar-refractivity contribution is 6.46. The van der Waals surface area contributed by atoms with Crippen molar-refractivity contribution >= 4 is 23.1 Å². The Morgan fingerprint density at radius 2 is 1.74 bits per heavy atom. The fourth-order valence-corrected chi connectivity index (χ4v) is 4.30. The van der Waals surface area contributed by atoms with E-state index in [4.69, 9.17) is 4.74 Å². The first-order valence-electron chi connectivity index (χ1n) is 11.5. The van der Waals surface area contributed by atoms with E-state index < -0.39 is 17.7 Å². The number of aliphatic hydroxyl groups is 1. The Morgan fingerprint density at radius 3 is 2.34 bits per heavy atom. The van der Waals surface area contributed by atoms with Gasteiger partial charge in [0.1, 0.15) is 11.5 Å². The van der Waals surface area contributed by atoms with Crippen LogP contribution in [0.4, 0.5) is 5.69 Å². The number of nitrogens with zero attached hydrogens (tertiary/aromatic N) is 3. The number of pyridine rings is 1. The first kappa shape index (κ1) is 24.0. The van der Waals surface area contributed by atoms with E-state index in [1.807, 2.05) is 57.1 Å². The fourth-order valence-electron chi connectivity index (χ4n) is 4.30. The Bertz CT molecular complexity index is 1270. The monoisotopic (exact) mass is 471 g/mol. The summed E-state index contributed by atoms with van der Waals surface area (Å²) in [6.45, 7) is 4.52. The summed E-state index contributed by atoms with van der Waals surface area (Å²) < 4.78 is 5.60. The first-order valence-corrected chi connectivity index (χ1v) is 11.5. The number of Topliss-reactive ketones (excluding diaryl/α,β-unsaturated/α-hetero) is 1. The second-order valence-electron chi connectivity index (χ2n) is 8.68. The Labute approximate surface area is 205 Å². The molecule has 2 aromatic carbocycles. The summed E-state index contributed by atoms with van der Waals surface area (Å²) >= 11 is 0. The van der Waals surface area contributed by atoms with Crippen LogP contribution in [0.1, 0.15) is 35.2 Å². The van der Waals surface area contributed by atoms with Gasteiger partial charge in [-0.05, 0) is 73.0 Å². The van der Waals surface area contributed by atoms with Crippen molar-refractivity contribution in [3.05, 3.63) is 94.8 Å². The number of rotatable bonds is 7. The van der Waals surface area contributed by atoms with Crippen molar-refractivity contribution in [1.29, 1.82) is 0 Å². The van der Waals surface area contributed by atoms with Gasteiger partial charge in [0.05, 0.1) is 18.2 Å². The minimum Gasteiger partial charge on any atom is -0.507 e. The lowest BCUT2D eigenvalue weighted by Crippen LogP contribution is -2.29. The van der Waals surface area contributed by atoms with Gasteiger partial charge in [-0.1, -0.05) is 12.1 Å². The molecule has 35 heavy (non-hydrogen) atoms. The summed E-state index contributed by atoms with van der Waals surface area (Å²) in [4.78, 5) is 34.0. The molecular weight excluding hydrogens is 442 g/mol. The normalized spacial score (nSPS) is 17.0. The van der Waals surface area contributed by atoms with E-state index in [9.17, 15) is 14.7 Å². The number of likely N-dealkylation sites (tertiary alicyclic amines) is 1. The molecule has 0 spiro atoms. The Morgan fingerprint density at radius 1 is 1.06 bits per heavy atom. The molecule has 2 heterocycles. The molecule has 180 valence electrons. The predicted octanol–water partition coefficient (Wildman–Crippen LogP) is 4.48. The van der Waals surface area contributed by atoms with Crippen LogP contribution in [-0.2, 0) is 16.1 Å². The van der Waals surface area contributed by atoms with Crippen LogP contribution in [0.25, 0.3) is 5.76 Å². The summed E-state index contributed by atoms with van der Waals surface area (Å²) in [5, 5.41) is 11.3. The molecule has 1 aromatic heterocycles. The third-order valence-electron chi connectivity index (χ3n) is 6.12. The number of aryl methyl sites for hydroxylation is 1. The highest BCUT2D eigenvalue weighted by atomic mass is 16.5. The second kappa shape index (κ2) is 10.0. The first-order chi connectivity index (χ1) is 16.8. The fraction of sp³-hybridized carbons (Fsp3) is 0.250. The molecule has 0 aliphatic carbocycles. The van der Waals surface area contributed by atoms with Crippen LogP contribution in [0.3, 0.4) is 0 Å².